The first-order chi connectivity index (χ1) is 15.2. The predicted molar refractivity (Wildman–Crippen MR) is 118 cm³/mol. The van der Waals surface area contributed by atoms with Gasteiger partial charge in [-0.25, -0.2) is 19.2 Å². The molecule has 2 N–H and O–H groups in total. The van der Waals surface area contributed by atoms with Crippen LogP contribution in [0.5, 0.6) is 0 Å². The van der Waals surface area contributed by atoms with Gasteiger partial charge in [-0.3, -0.25) is 4.79 Å². The van der Waals surface area contributed by atoms with E-state index in [1.807, 2.05) is 24.3 Å². The second-order valence-corrected chi connectivity index (χ2v) is 8.16. The fraction of sp³-hybridized carbons (Fsp3) is 0.250. The molecule has 166 valence electrons. The van der Waals surface area contributed by atoms with Crippen LogP contribution in [-0.2, 0) is 17.8 Å². The molecule has 2 amide bonds. The molecule has 0 saturated heterocycles. The van der Waals surface area contributed by atoms with Gasteiger partial charge in [-0.2, -0.15) is 0 Å². The Bertz CT molecular complexity index is 1090. The zero-order valence-corrected chi connectivity index (χ0v) is 18.2. The van der Waals surface area contributed by atoms with Gasteiger partial charge in [0.25, 0.3) is 5.91 Å². The van der Waals surface area contributed by atoms with E-state index in [9.17, 15) is 14.0 Å². The number of carbonyl (C=O) groups is 2. The highest BCUT2D eigenvalue weighted by Gasteiger charge is 2.15. The number of rotatable bonds is 6. The molecule has 3 rings (SSSR count). The van der Waals surface area contributed by atoms with Gasteiger partial charge in [0.15, 0.2) is 5.82 Å². The second-order valence-electron chi connectivity index (χ2n) is 8.16. The summed E-state index contributed by atoms with van der Waals surface area (Å²) in [6, 6.07) is 13.4. The van der Waals surface area contributed by atoms with Crippen molar-refractivity contribution in [1.29, 1.82) is 0 Å². The molecule has 0 aliphatic rings. The smallest absolute Gasteiger partial charge is 0.407 e. The number of ether oxygens (including phenoxy) is 1. The number of aromatic nitrogens is 2. The maximum Gasteiger partial charge on any atom is 0.407 e. The number of hydrogen-bond acceptors (Lipinski definition) is 5. The van der Waals surface area contributed by atoms with Crippen molar-refractivity contribution >= 4 is 12.0 Å². The van der Waals surface area contributed by atoms with E-state index in [0.29, 0.717) is 30.0 Å². The first-order valence-electron chi connectivity index (χ1n) is 10.1. The summed E-state index contributed by atoms with van der Waals surface area (Å²) in [6.07, 6.45) is 2.32. The number of alkyl carbamates (subject to hydrolysis) is 1. The molecule has 1 aromatic heterocycles. The van der Waals surface area contributed by atoms with Crippen LogP contribution < -0.4 is 10.6 Å². The lowest BCUT2D eigenvalue weighted by Crippen LogP contribution is -2.32. The summed E-state index contributed by atoms with van der Waals surface area (Å²) in [5, 5.41) is 5.52. The van der Waals surface area contributed by atoms with Crippen LogP contribution >= 0.6 is 0 Å². The van der Waals surface area contributed by atoms with Gasteiger partial charge in [-0.15, -0.1) is 0 Å². The summed E-state index contributed by atoms with van der Waals surface area (Å²) in [6.45, 7) is 6.01. The quantitative estimate of drug-likeness (QED) is 0.603. The number of benzene rings is 2. The molecule has 32 heavy (non-hydrogen) atoms. The van der Waals surface area contributed by atoms with Crippen molar-refractivity contribution < 1.29 is 18.7 Å². The summed E-state index contributed by atoms with van der Waals surface area (Å²) in [5.41, 5.74) is 2.03. The van der Waals surface area contributed by atoms with Crippen LogP contribution in [0.15, 0.2) is 60.9 Å². The zero-order valence-electron chi connectivity index (χ0n) is 18.2. The normalized spacial score (nSPS) is 11.0. The molecule has 8 heteroatoms. The third kappa shape index (κ3) is 6.87. The molecule has 0 saturated carbocycles. The standard InChI is InChI=1S/C24H25FN4O3/c1-24(2,3)32-23(31)29-13-17-7-4-6-16(10-17)12-28-22(30)19-14-26-21(27-15-19)18-8-5-9-20(25)11-18/h4-11,14-15H,12-13H2,1-3H3,(H,28,30)(H,29,31). The van der Waals surface area contributed by atoms with E-state index < -0.39 is 11.7 Å². The lowest BCUT2D eigenvalue weighted by molar-refractivity contribution is 0.0523. The summed E-state index contributed by atoms with van der Waals surface area (Å²) in [4.78, 5) is 32.5. The van der Waals surface area contributed by atoms with E-state index in [-0.39, 0.29) is 11.7 Å². The number of halogens is 1. The molecule has 0 aliphatic carbocycles. The van der Waals surface area contributed by atoms with Crippen LogP contribution in [0.2, 0.25) is 0 Å². The van der Waals surface area contributed by atoms with Gasteiger partial charge in [0.2, 0.25) is 0 Å². The van der Waals surface area contributed by atoms with Gasteiger partial charge in [0, 0.05) is 31.0 Å². The van der Waals surface area contributed by atoms with Crippen molar-refractivity contribution in [3.05, 3.63) is 83.4 Å². The lowest BCUT2D eigenvalue weighted by atomic mass is 10.1. The molecule has 0 fully saturated rings. The number of nitrogens with zero attached hydrogens (tertiary/aromatic N) is 2. The summed E-state index contributed by atoms with van der Waals surface area (Å²) < 4.78 is 18.6. The molecule has 1 heterocycles. The lowest BCUT2D eigenvalue weighted by Gasteiger charge is -2.19. The maximum atomic E-state index is 13.4. The minimum absolute atomic E-state index is 0.296. The Kier molecular flexibility index (Phi) is 7.14. The van der Waals surface area contributed by atoms with E-state index in [1.54, 1.807) is 32.9 Å². The van der Waals surface area contributed by atoms with Crippen LogP contribution in [0.3, 0.4) is 0 Å². The van der Waals surface area contributed by atoms with Gasteiger partial charge < -0.3 is 15.4 Å². The highest BCUT2D eigenvalue weighted by atomic mass is 19.1. The Hall–Kier alpha value is -3.81. The zero-order chi connectivity index (χ0) is 23.1. The Labute approximate surface area is 186 Å². The molecule has 0 spiro atoms. The van der Waals surface area contributed by atoms with E-state index >= 15 is 0 Å². The third-order valence-corrected chi connectivity index (χ3v) is 4.28. The third-order valence-electron chi connectivity index (χ3n) is 4.28. The average molecular weight is 436 g/mol. The van der Waals surface area contributed by atoms with Crippen molar-refractivity contribution in [2.45, 2.75) is 39.5 Å². The molecule has 7 nitrogen and oxygen atoms in total. The minimum atomic E-state index is -0.560. The monoisotopic (exact) mass is 436 g/mol. The molecule has 0 unspecified atom stereocenters. The maximum absolute atomic E-state index is 13.4. The van der Waals surface area contributed by atoms with E-state index in [1.165, 1.54) is 24.5 Å². The highest BCUT2D eigenvalue weighted by Crippen LogP contribution is 2.15. The molecule has 2 aromatic carbocycles. The Morgan fingerprint density at radius 1 is 0.938 bits per heavy atom. The van der Waals surface area contributed by atoms with Crippen LogP contribution in [0.25, 0.3) is 11.4 Å². The molecule has 0 aliphatic heterocycles. The number of amides is 2. The molecule has 3 aromatic rings. The summed E-state index contributed by atoms with van der Waals surface area (Å²) >= 11 is 0. The largest absolute Gasteiger partial charge is 0.444 e. The first kappa shape index (κ1) is 22.9. The highest BCUT2D eigenvalue weighted by molar-refractivity contribution is 5.93. The van der Waals surface area contributed by atoms with Crippen LogP contribution in [0, 0.1) is 5.82 Å². The number of hydrogen-bond donors (Lipinski definition) is 2. The van der Waals surface area contributed by atoms with E-state index in [4.69, 9.17) is 4.74 Å². The van der Waals surface area contributed by atoms with Gasteiger partial charge >= 0.3 is 6.09 Å². The Balaban J connectivity index is 1.54. The van der Waals surface area contributed by atoms with Gasteiger partial charge in [0.1, 0.15) is 11.4 Å². The first-order valence-corrected chi connectivity index (χ1v) is 10.1. The topological polar surface area (TPSA) is 93.2 Å². The molecule has 0 bridgehead atoms. The SMILES string of the molecule is CC(C)(C)OC(=O)NCc1cccc(CNC(=O)c2cnc(-c3cccc(F)c3)nc2)c1. The minimum Gasteiger partial charge on any atom is -0.444 e. The fourth-order valence-corrected chi connectivity index (χ4v) is 2.84. The predicted octanol–water partition coefficient (Wildman–Crippen LogP) is 4.24. The van der Waals surface area contributed by atoms with Gasteiger partial charge in [-0.1, -0.05) is 36.4 Å². The molecule has 0 atom stereocenters. The van der Waals surface area contributed by atoms with Gasteiger partial charge in [0.05, 0.1) is 5.56 Å². The van der Waals surface area contributed by atoms with Crippen molar-refractivity contribution in [2.24, 2.45) is 0 Å². The number of nitrogens with one attached hydrogen (secondary N) is 2. The Morgan fingerprint density at radius 2 is 1.56 bits per heavy atom. The van der Waals surface area contributed by atoms with Crippen molar-refractivity contribution in [2.75, 3.05) is 0 Å². The molecular weight excluding hydrogens is 411 g/mol. The van der Waals surface area contributed by atoms with Crippen LogP contribution in [0.1, 0.15) is 42.3 Å². The number of carbonyl (C=O) groups excluding carboxylic acids is 2. The molecular formula is C24H25FN4O3. The summed E-state index contributed by atoms with van der Waals surface area (Å²) in [5.74, 6) is -0.365. The van der Waals surface area contributed by atoms with E-state index in [2.05, 4.69) is 20.6 Å². The van der Waals surface area contributed by atoms with Crippen molar-refractivity contribution in [3.8, 4) is 11.4 Å². The van der Waals surface area contributed by atoms with Crippen molar-refractivity contribution in [1.82, 2.24) is 20.6 Å². The molecule has 0 radical (unpaired) electrons. The van der Waals surface area contributed by atoms with Crippen LogP contribution in [-0.4, -0.2) is 27.6 Å². The Morgan fingerprint density at radius 3 is 2.19 bits per heavy atom. The fourth-order valence-electron chi connectivity index (χ4n) is 2.84. The van der Waals surface area contributed by atoms with Crippen LogP contribution in [0.4, 0.5) is 9.18 Å². The van der Waals surface area contributed by atoms with E-state index in [0.717, 1.165) is 11.1 Å². The van der Waals surface area contributed by atoms with Crippen molar-refractivity contribution in [3.63, 3.8) is 0 Å². The average Bonchev–Trinajstić information content (AvgIpc) is 2.75. The van der Waals surface area contributed by atoms with Gasteiger partial charge in [-0.05, 0) is 44.0 Å². The second kappa shape index (κ2) is 10.00. The summed E-state index contributed by atoms with van der Waals surface area (Å²) in [7, 11) is 0.